The molecular weight excluding hydrogens is 250 g/mol. The summed E-state index contributed by atoms with van der Waals surface area (Å²) in [5, 5.41) is 0. The number of anilines is 1. The first-order valence-corrected chi connectivity index (χ1v) is 6.59. The van der Waals surface area contributed by atoms with E-state index in [0.717, 1.165) is 38.4 Å². The largest absolute Gasteiger partial charge is 0.370 e. The molecule has 0 aliphatic carbocycles. The van der Waals surface area contributed by atoms with Gasteiger partial charge < -0.3 is 10.6 Å². The molecule has 19 heavy (non-hydrogen) atoms. The van der Waals surface area contributed by atoms with Gasteiger partial charge in [0.05, 0.1) is 5.69 Å². The zero-order valence-electron chi connectivity index (χ0n) is 10.8. The van der Waals surface area contributed by atoms with Crippen molar-refractivity contribution < 1.29 is 13.6 Å². The Hall–Kier alpha value is -1.65. The topological polar surface area (TPSA) is 46.3 Å². The van der Waals surface area contributed by atoms with E-state index in [0.29, 0.717) is 11.3 Å². The average molecular weight is 268 g/mol. The van der Waals surface area contributed by atoms with Crippen molar-refractivity contribution in [3.63, 3.8) is 0 Å². The molecule has 1 aromatic rings. The lowest BCUT2D eigenvalue weighted by Crippen LogP contribution is -2.30. The smallest absolute Gasteiger partial charge is 0.217 e. The highest BCUT2D eigenvalue weighted by molar-refractivity contribution is 5.74. The van der Waals surface area contributed by atoms with Gasteiger partial charge in [-0.1, -0.05) is 0 Å². The van der Waals surface area contributed by atoms with Crippen molar-refractivity contribution >= 4 is 11.6 Å². The Morgan fingerprint density at radius 3 is 2.47 bits per heavy atom. The highest BCUT2D eigenvalue weighted by atomic mass is 19.1. The maximum absolute atomic E-state index is 13.8. The summed E-state index contributed by atoms with van der Waals surface area (Å²) in [4.78, 5) is 12.7. The van der Waals surface area contributed by atoms with E-state index < -0.39 is 17.5 Å². The SMILES string of the molecule is NC(=O)CCc1cc(N2CCCCC2)c(F)cc1F. The molecule has 1 heterocycles. The van der Waals surface area contributed by atoms with Crippen LogP contribution >= 0.6 is 0 Å². The van der Waals surface area contributed by atoms with Crippen LogP contribution < -0.4 is 10.6 Å². The molecule has 1 fully saturated rings. The number of halogens is 2. The fraction of sp³-hybridized carbons (Fsp3) is 0.500. The Bertz CT molecular complexity index is 471. The number of nitrogens with two attached hydrogens (primary N) is 1. The maximum atomic E-state index is 13.8. The van der Waals surface area contributed by atoms with Gasteiger partial charge in [-0.05, 0) is 37.3 Å². The van der Waals surface area contributed by atoms with E-state index in [4.69, 9.17) is 5.73 Å². The Morgan fingerprint density at radius 2 is 1.84 bits per heavy atom. The van der Waals surface area contributed by atoms with Gasteiger partial charge >= 0.3 is 0 Å². The second kappa shape index (κ2) is 5.99. The van der Waals surface area contributed by atoms with Crippen molar-refractivity contribution in [3.8, 4) is 0 Å². The molecule has 0 aromatic heterocycles. The molecule has 0 unspecified atom stereocenters. The second-order valence-corrected chi connectivity index (χ2v) is 4.91. The number of nitrogens with zero attached hydrogens (tertiary/aromatic N) is 1. The Kier molecular flexibility index (Phi) is 4.35. The zero-order chi connectivity index (χ0) is 13.8. The van der Waals surface area contributed by atoms with Crippen molar-refractivity contribution in [3.05, 3.63) is 29.3 Å². The summed E-state index contributed by atoms with van der Waals surface area (Å²) in [6.07, 6.45) is 3.47. The van der Waals surface area contributed by atoms with E-state index in [1.54, 1.807) is 0 Å². The summed E-state index contributed by atoms with van der Waals surface area (Å²) in [6, 6.07) is 2.42. The van der Waals surface area contributed by atoms with E-state index in [-0.39, 0.29) is 12.8 Å². The number of hydrogen-bond acceptors (Lipinski definition) is 2. The van der Waals surface area contributed by atoms with Crippen molar-refractivity contribution in [1.82, 2.24) is 0 Å². The molecule has 2 rings (SSSR count). The molecule has 1 aliphatic heterocycles. The minimum atomic E-state index is -0.612. The fourth-order valence-corrected chi connectivity index (χ4v) is 2.41. The normalized spacial score (nSPS) is 15.6. The number of primary amides is 1. The first-order valence-electron chi connectivity index (χ1n) is 6.59. The monoisotopic (exact) mass is 268 g/mol. The lowest BCUT2D eigenvalue weighted by Gasteiger charge is -2.29. The maximum Gasteiger partial charge on any atom is 0.217 e. The molecule has 1 aliphatic rings. The van der Waals surface area contributed by atoms with E-state index in [1.807, 2.05) is 4.90 Å². The van der Waals surface area contributed by atoms with Crippen LogP contribution in [0.25, 0.3) is 0 Å². The van der Waals surface area contributed by atoms with Crippen LogP contribution in [0.5, 0.6) is 0 Å². The van der Waals surface area contributed by atoms with E-state index in [1.165, 1.54) is 6.07 Å². The molecule has 104 valence electrons. The van der Waals surface area contributed by atoms with Crippen molar-refractivity contribution in [1.29, 1.82) is 0 Å². The molecule has 1 aromatic carbocycles. The van der Waals surface area contributed by atoms with Crippen LogP contribution in [-0.2, 0) is 11.2 Å². The summed E-state index contributed by atoms with van der Waals surface area (Å²) in [7, 11) is 0. The number of carbonyl (C=O) groups is 1. The van der Waals surface area contributed by atoms with E-state index >= 15 is 0 Å². The molecule has 0 spiro atoms. The predicted octanol–water partition coefficient (Wildman–Crippen LogP) is 2.37. The van der Waals surface area contributed by atoms with Gasteiger partial charge in [-0.3, -0.25) is 4.79 Å². The summed E-state index contributed by atoms with van der Waals surface area (Å²) in [5.74, 6) is -1.63. The molecule has 5 heteroatoms. The van der Waals surface area contributed by atoms with Crippen LogP contribution in [0, 0.1) is 11.6 Å². The molecule has 0 saturated carbocycles. The van der Waals surface area contributed by atoms with Crippen LogP contribution in [0.15, 0.2) is 12.1 Å². The third-order valence-electron chi connectivity index (χ3n) is 3.45. The van der Waals surface area contributed by atoms with Crippen LogP contribution in [-0.4, -0.2) is 19.0 Å². The first kappa shape index (κ1) is 13.8. The number of piperidine rings is 1. The molecule has 0 atom stereocenters. The van der Waals surface area contributed by atoms with Gasteiger partial charge in [-0.15, -0.1) is 0 Å². The predicted molar refractivity (Wildman–Crippen MR) is 69.9 cm³/mol. The van der Waals surface area contributed by atoms with Crippen LogP contribution in [0.1, 0.15) is 31.2 Å². The van der Waals surface area contributed by atoms with Crippen molar-refractivity contribution in [2.75, 3.05) is 18.0 Å². The fourth-order valence-electron chi connectivity index (χ4n) is 2.41. The number of amides is 1. The van der Waals surface area contributed by atoms with Gasteiger partial charge in [0.15, 0.2) is 0 Å². The van der Waals surface area contributed by atoms with Crippen molar-refractivity contribution in [2.24, 2.45) is 5.73 Å². The first-order chi connectivity index (χ1) is 9.08. The highest BCUT2D eigenvalue weighted by Crippen LogP contribution is 2.26. The van der Waals surface area contributed by atoms with Gasteiger partial charge in [-0.2, -0.15) is 0 Å². The summed E-state index contributed by atoms with van der Waals surface area (Å²) in [5.41, 5.74) is 5.83. The lowest BCUT2D eigenvalue weighted by molar-refractivity contribution is -0.117. The zero-order valence-corrected chi connectivity index (χ0v) is 10.8. The minimum absolute atomic E-state index is 0.0714. The number of carbonyl (C=O) groups excluding carboxylic acids is 1. The van der Waals surface area contributed by atoms with Gasteiger partial charge in [0.25, 0.3) is 0 Å². The average Bonchev–Trinajstić information content (AvgIpc) is 2.38. The minimum Gasteiger partial charge on any atom is -0.370 e. The highest BCUT2D eigenvalue weighted by Gasteiger charge is 2.17. The van der Waals surface area contributed by atoms with Gasteiger partial charge in [0, 0.05) is 25.6 Å². The third-order valence-corrected chi connectivity index (χ3v) is 3.45. The van der Waals surface area contributed by atoms with E-state index in [2.05, 4.69) is 0 Å². The lowest BCUT2D eigenvalue weighted by atomic mass is 10.0. The Morgan fingerprint density at radius 1 is 1.16 bits per heavy atom. The summed E-state index contributed by atoms with van der Waals surface area (Å²) in [6.45, 7) is 1.58. The Labute approximate surface area is 111 Å². The standard InChI is InChI=1S/C14H18F2N2O/c15-11-9-12(16)13(18-6-2-1-3-7-18)8-10(11)4-5-14(17)19/h8-9H,1-7H2,(H2,17,19). The molecule has 0 radical (unpaired) electrons. The molecule has 2 N–H and O–H groups in total. The molecule has 0 bridgehead atoms. The molecule has 1 amide bonds. The molecule has 1 saturated heterocycles. The summed E-state index contributed by atoms with van der Waals surface area (Å²) >= 11 is 0. The van der Waals surface area contributed by atoms with Crippen molar-refractivity contribution in [2.45, 2.75) is 32.1 Å². The van der Waals surface area contributed by atoms with Crippen LogP contribution in [0.2, 0.25) is 0 Å². The summed E-state index contributed by atoms with van der Waals surface area (Å²) < 4.78 is 27.5. The molecule has 3 nitrogen and oxygen atoms in total. The number of hydrogen-bond donors (Lipinski definition) is 1. The molecular formula is C14H18F2N2O. The van der Waals surface area contributed by atoms with Gasteiger partial charge in [-0.25, -0.2) is 8.78 Å². The second-order valence-electron chi connectivity index (χ2n) is 4.91. The van der Waals surface area contributed by atoms with Gasteiger partial charge in [0.2, 0.25) is 5.91 Å². The number of benzene rings is 1. The number of rotatable bonds is 4. The van der Waals surface area contributed by atoms with E-state index in [9.17, 15) is 13.6 Å². The Balaban J connectivity index is 2.22. The quantitative estimate of drug-likeness (QED) is 0.911. The van der Waals surface area contributed by atoms with Crippen LogP contribution in [0.4, 0.5) is 14.5 Å². The number of aryl methyl sites for hydroxylation is 1. The third kappa shape index (κ3) is 3.43. The van der Waals surface area contributed by atoms with Crippen LogP contribution in [0.3, 0.4) is 0 Å². The van der Waals surface area contributed by atoms with Gasteiger partial charge in [0.1, 0.15) is 11.6 Å².